The number of cyclic esters (lactones) is 1. The smallest absolute Gasteiger partial charge is 0.321 e. The number of benzene rings is 2. The number of esters is 1. The normalized spacial score (nSPS) is 22.1. The molecule has 0 amide bonds. The summed E-state index contributed by atoms with van der Waals surface area (Å²) in [7, 11) is 0. The Labute approximate surface area is 163 Å². The summed E-state index contributed by atoms with van der Waals surface area (Å²) in [5.41, 5.74) is 2.70. The Morgan fingerprint density at radius 3 is 1.96 bits per heavy atom. The minimum Gasteiger partial charge on any atom is -0.456 e. The number of ether oxygens (including phenoxy) is 1. The molecule has 3 heteroatoms. The first-order valence-electron chi connectivity index (χ1n) is 9.41. The van der Waals surface area contributed by atoms with E-state index >= 15 is 0 Å². The average molecular weight is 411 g/mol. The molecule has 0 N–H and O–H groups in total. The van der Waals surface area contributed by atoms with E-state index < -0.39 is 5.41 Å². The van der Waals surface area contributed by atoms with Crippen LogP contribution in [0.1, 0.15) is 49.7 Å². The fourth-order valence-corrected chi connectivity index (χ4v) is 4.95. The van der Waals surface area contributed by atoms with Gasteiger partial charge in [0.05, 0.1) is 0 Å². The molecular weight excluding hydrogens is 388 g/mol. The molecule has 1 saturated carbocycles. The van der Waals surface area contributed by atoms with E-state index in [1.54, 1.807) is 0 Å². The molecule has 0 bridgehead atoms. The lowest BCUT2D eigenvalue weighted by atomic mass is 9.72. The summed E-state index contributed by atoms with van der Waals surface area (Å²) in [5, 5.41) is 0. The van der Waals surface area contributed by atoms with Crippen LogP contribution in [-0.2, 0) is 14.9 Å². The number of rotatable bonds is 3. The van der Waals surface area contributed by atoms with Crippen LogP contribution in [0.5, 0.6) is 0 Å². The molecule has 2 aliphatic rings. The molecule has 1 saturated heterocycles. The summed E-state index contributed by atoms with van der Waals surface area (Å²) in [4.78, 5) is 13.2. The first-order chi connectivity index (χ1) is 12.7. The Morgan fingerprint density at radius 1 is 0.885 bits per heavy atom. The molecule has 2 fully saturated rings. The molecule has 1 atom stereocenters. The maximum absolute atomic E-state index is 13.2. The van der Waals surface area contributed by atoms with Crippen LogP contribution in [0.25, 0.3) is 0 Å². The monoisotopic (exact) mass is 410 g/mol. The maximum atomic E-state index is 13.2. The van der Waals surface area contributed by atoms with Crippen LogP contribution in [0, 0.1) is 0 Å². The number of hydrogen-bond donors (Lipinski definition) is 0. The van der Waals surface area contributed by atoms with Crippen LogP contribution >= 0.6 is 15.9 Å². The van der Waals surface area contributed by atoms with Crippen molar-refractivity contribution in [3.63, 3.8) is 0 Å². The Morgan fingerprint density at radius 2 is 1.42 bits per heavy atom. The van der Waals surface area contributed by atoms with Crippen molar-refractivity contribution in [3.05, 3.63) is 81.8 Å². The van der Waals surface area contributed by atoms with Gasteiger partial charge >= 0.3 is 5.97 Å². The zero-order valence-electron chi connectivity index (χ0n) is 14.8. The summed E-state index contributed by atoms with van der Waals surface area (Å²) in [6, 6.07) is 20.1. The van der Waals surface area contributed by atoms with Crippen LogP contribution in [0.2, 0.25) is 0 Å². The first kappa shape index (κ1) is 17.5. The average Bonchev–Trinajstić information content (AvgIpc) is 3.07. The molecule has 26 heavy (non-hydrogen) atoms. The molecule has 1 aliphatic carbocycles. The van der Waals surface area contributed by atoms with Crippen molar-refractivity contribution in [2.75, 3.05) is 0 Å². The largest absolute Gasteiger partial charge is 0.456 e. The lowest BCUT2D eigenvalue weighted by Gasteiger charge is -2.26. The first-order valence-corrected chi connectivity index (χ1v) is 10.2. The second kappa shape index (κ2) is 7.40. The summed E-state index contributed by atoms with van der Waals surface area (Å²) in [5.74, 6) is -0.145. The summed E-state index contributed by atoms with van der Waals surface area (Å²) in [6.07, 6.45) is 6.42. The van der Waals surface area contributed by atoms with Crippen LogP contribution in [0.4, 0.5) is 0 Å². The third kappa shape index (κ3) is 3.03. The van der Waals surface area contributed by atoms with Crippen molar-refractivity contribution in [1.82, 2.24) is 0 Å². The minimum absolute atomic E-state index is 0.145. The summed E-state index contributed by atoms with van der Waals surface area (Å²) in [6.45, 7) is 0. The van der Waals surface area contributed by atoms with Gasteiger partial charge in [0.15, 0.2) is 0 Å². The predicted molar refractivity (Wildman–Crippen MR) is 107 cm³/mol. The maximum Gasteiger partial charge on any atom is 0.321 e. The Balaban J connectivity index is 1.77. The molecule has 134 valence electrons. The third-order valence-corrected chi connectivity index (χ3v) is 6.77. The van der Waals surface area contributed by atoms with Gasteiger partial charge in [-0.2, -0.15) is 0 Å². The highest BCUT2D eigenvalue weighted by Gasteiger charge is 2.52. The van der Waals surface area contributed by atoms with Crippen LogP contribution in [0.15, 0.2) is 70.7 Å². The van der Waals surface area contributed by atoms with Gasteiger partial charge in [0.1, 0.15) is 11.5 Å². The van der Waals surface area contributed by atoms with E-state index in [-0.39, 0.29) is 12.1 Å². The molecular formula is C23H23BrO2. The zero-order chi connectivity index (χ0) is 18.0. The molecule has 0 unspecified atom stereocenters. The van der Waals surface area contributed by atoms with Crippen molar-refractivity contribution >= 4 is 21.9 Å². The Hall–Kier alpha value is -1.87. The van der Waals surface area contributed by atoms with Crippen molar-refractivity contribution in [2.45, 2.75) is 50.0 Å². The number of carbonyl (C=O) groups is 1. The van der Waals surface area contributed by atoms with Crippen LogP contribution in [-0.4, -0.2) is 12.1 Å². The van der Waals surface area contributed by atoms with Crippen molar-refractivity contribution < 1.29 is 9.53 Å². The van der Waals surface area contributed by atoms with Gasteiger partial charge in [-0.25, -0.2) is 0 Å². The van der Waals surface area contributed by atoms with Gasteiger partial charge < -0.3 is 4.74 Å². The Bertz CT molecular complexity index is 763. The van der Waals surface area contributed by atoms with E-state index in [0.29, 0.717) is 6.42 Å². The van der Waals surface area contributed by atoms with Gasteiger partial charge in [-0.1, -0.05) is 88.6 Å². The van der Waals surface area contributed by atoms with Gasteiger partial charge in [0.25, 0.3) is 0 Å². The van der Waals surface area contributed by atoms with Gasteiger partial charge in [0.2, 0.25) is 0 Å². The molecule has 2 aromatic rings. The fourth-order valence-electron chi connectivity index (χ4n) is 4.30. The van der Waals surface area contributed by atoms with Crippen molar-refractivity contribution in [2.24, 2.45) is 0 Å². The molecule has 0 aromatic heterocycles. The van der Waals surface area contributed by atoms with Crippen LogP contribution < -0.4 is 0 Å². The standard InChI is InChI=1S/C23H23BrO2/c24-21(17-10-4-1-5-11-17)20-16-23(22(25)26-20,18-12-6-2-7-13-18)19-14-8-3-9-15-19/h2-3,6-9,12-15,20H,1,4-5,10-11,16H2/t20-/m1/s1. The molecule has 2 aromatic carbocycles. The lowest BCUT2D eigenvalue weighted by Crippen LogP contribution is -2.33. The zero-order valence-corrected chi connectivity index (χ0v) is 16.4. The second-order valence-electron chi connectivity index (χ2n) is 7.25. The van der Waals surface area contributed by atoms with Gasteiger partial charge in [-0.15, -0.1) is 0 Å². The quantitative estimate of drug-likeness (QED) is 0.588. The van der Waals surface area contributed by atoms with Crippen molar-refractivity contribution in [3.8, 4) is 0 Å². The van der Waals surface area contributed by atoms with E-state index in [1.165, 1.54) is 24.8 Å². The molecule has 1 aliphatic heterocycles. The van der Waals surface area contributed by atoms with E-state index in [9.17, 15) is 4.79 Å². The topological polar surface area (TPSA) is 26.3 Å². The van der Waals surface area contributed by atoms with Gasteiger partial charge in [-0.3, -0.25) is 4.79 Å². The summed E-state index contributed by atoms with van der Waals surface area (Å²) < 4.78 is 7.05. The highest BCUT2D eigenvalue weighted by molar-refractivity contribution is 9.11. The number of allylic oxidation sites excluding steroid dienone is 1. The molecule has 1 heterocycles. The third-order valence-electron chi connectivity index (χ3n) is 5.70. The number of hydrogen-bond acceptors (Lipinski definition) is 2. The SMILES string of the molecule is O=C1O[C@@H](C(Br)=C2CCCCC2)CC1(c1ccccc1)c1ccccc1. The Kier molecular flexibility index (Phi) is 4.99. The molecule has 0 spiro atoms. The highest BCUT2D eigenvalue weighted by Crippen LogP contribution is 2.47. The number of carbonyl (C=O) groups excluding carboxylic acids is 1. The van der Waals surface area contributed by atoms with E-state index in [0.717, 1.165) is 28.5 Å². The highest BCUT2D eigenvalue weighted by atomic mass is 79.9. The van der Waals surface area contributed by atoms with E-state index in [2.05, 4.69) is 15.9 Å². The molecule has 0 radical (unpaired) electrons. The lowest BCUT2D eigenvalue weighted by molar-refractivity contribution is -0.143. The summed E-state index contributed by atoms with van der Waals surface area (Å²) >= 11 is 3.79. The van der Waals surface area contributed by atoms with E-state index in [1.807, 2.05) is 60.7 Å². The van der Waals surface area contributed by atoms with Crippen molar-refractivity contribution in [1.29, 1.82) is 0 Å². The molecule has 4 rings (SSSR count). The second-order valence-corrected chi connectivity index (χ2v) is 8.10. The fraction of sp³-hybridized carbons (Fsp3) is 0.348. The van der Waals surface area contributed by atoms with Crippen LogP contribution in [0.3, 0.4) is 0 Å². The van der Waals surface area contributed by atoms with Gasteiger partial charge in [-0.05, 0) is 36.8 Å². The van der Waals surface area contributed by atoms with Gasteiger partial charge in [0, 0.05) is 10.9 Å². The minimum atomic E-state index is -0.735. The van der Waals surface area contributed by atoms with E-state index in [4.69, 9.17) is 4.74 Å². The number of halogens is 1. The molecule has 2 nitrogen and oxygen atoms in total. The predicted octanol–water partition coefficient (Wildman–Crippen LogP) is 5.90.